The summed E-state index contributed by atoms with van der Waals surface area (Å²) in [4.78, 5) is 3.79. The highest BCUT2D eigenvalue weighted by molar-refractivity contribution is 6.17. The van der Waals surface area contributed by atoms with Crippen molar-refractivity contribution in [3.63, 3.8) is 0 Å². The molecule has 0 aliphatic heterocycles. The Balaban J connectivity index is 2.54. The van der Waals surface area contributed by atoms with Gasteiger partial charge >= 0.3 is 0 Å². The molecule has 1 heterocycles. The summed E-state index contributed by atoms with van der Waals surface area (Å²) < 4.78 is 5.27. The van der Waals surface area contributed by atoms with Crippen molar-refractivity contribution in [1.29, 1.82) is 5.26 Å². The molecular weight excluding hydrogens is 216 g/mol. The van der Waals surface area contributed by atoms with Gasteiger partial charge in [0.15, 0.2) is 0 Å². The summed E-state index contributed by atoms with van der Waals surface area (Å²) in [5.74, 6) is 0.813. The standard InChI is InChI=1S/C10H11ClN2O2/c11-3-1-9(14)7-15-10-2-4-13-6-8(10)5-12/h2,4,6,9,14H,1,3,7H2. The second kappa shape index (κ2) is 6.23. The molecule has 0 saturated heterocycles. The summed E-state index contributed by atoms with van der Waals surface area (Å²) in [5.41, 5.74) is 0.357. The highest BCUT2D eigenvalue weighted by Gasteiger charge is 2.07. The Morgan fingerprint density at radius 1 is 1.67 bits per heavy atom. The molecule has 0 aliphatic rings. The number of aliphatic hydroxyl groups is 1. The average molecular weight is 227 g/mol. The lowest BCUT2D eigenvalue weighted by Gasteiger charge is -2.11. The number of hydrogen-bond acceptors (Lipinski definition) is 4. The number of aromatic nitrogens is 1. The van der Waals surface area contributed by atoms with Crippen LogP contribution in [-0.2, 0) is 0 Å². The minimum atomic E-state index is -0.609. The molecule has 1 unspecified atom stereocenters. The number of ether oxygens (including phenoxy) is 1. The summed E-state index contributed by atoms with van der Waals surface area (Å²) in [6.45, 7) is 0.130. The Morgan fingerprint density at radius 2 is 2.47 bits per heavy atom. The van der Waals surface area contributed by atoms with Crippen LogP contribution in [0.4, 0.5) is 0 Å². The predicted octanol–water partition coefficient (Wildman–Crippen LogP) is 1.32. The molecule has 0 spiro atoms. The van der Waals surface area contributed by atoms with Gasteiger partial charge in [0.2, 0.25) is 0 Å². The summed E-state index contributed by atoms with van der Waals surface area (Å²) in [5, 5.41) is 18.1. The summed E-state index contributed by atoms with van der Waals surface area (Å²) in [7, 11) is 0. The fourth-order valence-corrected chi connectivity index (χ4v) is 1.24. The first kappa shape index (κ1) is 11.8. The molecule has 80 valence electrons. The minimum absolute atomic E-state index is 0.130. The van der Waals surface area contributed by atoms with Gasteiger partial charge in [0.05, 0.1) is 6.10 Å². The van der Waals surface area contributed by atoms with Crippen molar-refractivity contribution in [3.05, 3.63) is 24.0 Å². The topological polar surface area (TPSA) is 66.1 Å². The van der Waals surface area contributed by atoms with Crippen LogP contribution in [-0.4, -0.2) is 28.7 Å². The van der Waals surface area contributed by atoms with Gasteiger partial charge in [-0.15, -0.1) is 11.6 Å². The Bertz CT molecular complexity index is 352. The van der Waals surface area contributed by atoms with E-state index < -0.39 is 6.10 Å². The first-order valence-electron chi connectivity index (χ1n) is 4.49. The van der Waals surface area contributed by atoms with Crippen LogP contribution in [0.1, 0.15) is 12.0 Å². The van der Waals surface area contributed by atoms with Crippen molar-refractivity contribution < 1.29 is 9.84 Å². The minimum Gasteiger partial charge on any atom is -0.489 e. The smallest absolute Gasteiger partial charge is 0.140 e. The Kier molecular flexibility index (Phi) is 4.88. The van der Waals surface area contributed by atoms with Gasteiger partial charge in [0.25, 0.3) is 0 Å². The average Bonchev–Trinajstić information content (AvgIpc) is 2.27. The van der Waals surface area contributed by atoms with Gasteiger partial charge in [0.1, 0.15) is 24.0 Å². The molecule has 0 saturated carbocycles. The van der Waals surface area contributed by atoms with Crippen LogP contribution in [0.3, 0.4) is 0 Å². The number of rotatable bonds is 5. The number of nitriles is 1. The van der Waals surface area contributed by atoms with E-state index in [1.54, 1.807) is 6.07 Å². The van der Waals surface area contributed by atoms with Gasteiger partial charge in [-0.1, -0.05) is 0 Å². The van der Waals surface area contributed by atoms with E-state index in [9.17, 15) is 5.11 Å². The molecule has 15 heavy (non-hydrogen) atoms. The van der Waals surface area contributed by atoms with Gasteiger partial charge in [0, 0.05) is 18.3 Å². The Hall–Kier alpha value is -1.31. The predicted molar refractivity (Wildman–Crippen MR) is 55.8 cm³/mol. The molecular formula is C10H11ClN2O2. The van der Waals surface area contributed by atoms with E-state index in [1.807, 2.05) is 6.07 Å². The number of hydrogen-bond donors (Lipinski definition) is 1. The third-order valence-electron chi connectivity index (χ3n) is 1.78. The molecule has 0 aliphatic carbocycles. The van der Waals surface area contributed by atoms with E-state index in [1.165, 1.54) is 12.4 Å². The molecule has 0 amide bonds. The maximum atomic E-state index is 9.37. The summed E-state index contributed by atoms with van der Waals surface area (Å²) in [6.07, 6.45) is 2.81. The third-order valence-corrected chi connectivity index (χ3v) is 1.99. The second-order valence-corrected chi connectivity index (χ2v) is 3.30. The molecule has 4 nitrogen and oxygen atoms in total. The SMILES string of the molecule is N#Cc1cnccc1OCC(O)CCCl. The molecule has 1 rings (SSSR count). The first-order chi connectivity index (χ1) is 7.27. The highest BCUT2D eigenvalue weighted by Crippen LogP contribution is 2.15. The lowest BCUT2D eigenvalue weighted by atomic mass is 10.2. The fraction of sp³-hybridized carbons (Fsp3) is 0.400. The molecule has 0 aromatic carbocycles. The third kappa shape index (κ3) is 3.74. The first-order valence-corrected chi connectivity index (χ1v) is 5.02. The summed E-state index contributed by atoms with van der Waals surface area (Å²) in [6, 6.07) is 3.55. The molecule has 0 radical (unpaired) electrons. The van der Waals surface area contributed by atoms with Crippen molar-refractivity contribution in [2.24, 2.45) is 0 Å². The molecule has 1 aromatic rings. The van der Waals surface area contributed by atoms with Gasteiger partial charge in [-0.05, 0) is 12.5 Å². The van der Waals surface area contributed by atoms with Crippen LogP contribution in [0.25, 0.3) is 0 Å². The van der Waals surface area contributed by atoms with Gasteiger partial charge in [-0.25, -0.2) is 0 Å². The van der Waals surface area contributed by atoms with E-state index >= 15 is 0 Å². The maximum Gasteiger partial charge on any atom is 0.140 e. The number of aliphatic hydroxyl groups excluding tert-OH is 1. The van der Waals surface area contributed by atoms with Crippen molar-refractivity contribution in [1.82, 2.24) is 4.98 Å². The van der Waals surface area contributed by atoms with E-state index in [0.717, 1.165) is 0 Å². The van der Waals surface area contributed by atoms with Crippen LogP contribution in [0.15, 0.2) is 18.5 Å². The van der Waals surface area contributed by atoms with Crippen LogP contribution >= 0.6 is 11.6 Å². The number of alkyl halides is 1. The van der Waals surface area contributed by atoms with Crippen LogP contribution in [0, 0.1) is 11.3 Å². The second-order valence-electron chi connectivity index (χ2n) is 2.93. The molecule has 1 atom stereocenters. The largest absolute Gasteiger partial charge is 0.489 e. The van der Waals surface area contributed by atoms with Crippen LogP contribution < -0.4 is 4.74 Å². The van der Waals surface area contributed by atoms with Crippen molar-refractivity contribution >= 4 is 11.6 Å². The highest BCUT2D eigenvalue weighted by atomic mass is 35.5. The lowest BCUT2D eigenvalue weighted by Crippen LogP contribution is -2.18. The van der Waals surface area contributed by atoms with E-state index in [4.69, 9.17) is 21.6 Å². The molecule has 5 heteroatoms. The van der Waals surface area contributed by atoms with E-state index in [-0.39, 0.29) is 6.61 Å². The van der Waals surface area contributed by atoms with Crippen LogP contribution in [0.2, 0.25) is 0 Å². The fourth-order valence-electron chi connectivity index (χ4n) is 0.987. The zero-order valence-corrected chi connectivity index (χ0v) is 8.81. The van der Waals surface area contributed by atoms with Crippen molar-refractivity contribution in [3.8, 4) is 11.8 Å². The van der Waals surface area contributed by atoms with E-state index in [2.05, 4.69) is 4.98 Å². The molecule has 0 bridgehead atoms. The van der Waals surface area contributed by atoms with Crippen LogP contribution in [0.5, 0.6) is 5.75 Å². The number of halogens is 1. The maximum absolute atomic E-state index is 9.37. The molecule has 1 aromatic heterocycles. The molecule has 0 fully saturated rings. The Morgan fingerprint density at radius 3 is 3.13 bits per heavy atom. The van der Waals surface area contributed by atoms with Gasteiger partial charge in [-0.2, -0.15) is 5.26 Å². The monoisotopic (exact) mass is 226 g/mol. The van der Waals surface area contributed by atoms with Crippen molar-refractivity contribution in [2.45, 2.75) is 12.5 Å². The van der Waals surface area contributed by atoms with Gasteiger partial charge in [-0.3, -0.25) is 4.98 Å². The lowest BCUT2D eigenvalue weighted by molar-refractivity contribution is 0.105. The zero-order valence-electron chi connectivity index (χ0n) is 8.06. The molecule has 1 N–H and O–H groups in total. The quantitative estimate of drug-likeness (QED) is 0.769. The number of nitrogens with zero attached hydrogens (tertiary/aromatic N) is 2. The summed E-state index contributed by atoms with van der Waals surface area (Å²) >= 11 is 5.46. The van der Waals surface area contributed by atoms with E-state index in [0.29, 0.717) is 23.6 Å². The Labute approximate surface area is 93.1 Å². The zero-order chi connectivity index (χ0) is 11.1. The number of pyridine rings is 1. The van der Waals surface area contributed by atoms with Crippen molar-refractivity contribution in [2.75, 3.05) is 12.5 Å². The normalized spacial score (nSPS) is 11.8. The van der Waals surface area contributed by atoms with Gasteiger partial charge < -0.3 is 9.84 Å².